The maximum absolute atomic E-state index is 9.65. The Hall–Kier alpha value is -0.800. The van der Waals surface area contributed by atoms with Gasteiger partial charge in [-0.3, -0.25) is 0 Å². The molecular weight excluding hydrogens is 166 g/mol. The third-order valence-corrected chi connectivity index (χ3v) is 2.28. The normalized spacial score (nSPS) is 13.3. The Labute approximate surface area is 78.9 Å². The van der Waals surface area contributed by atoms with Crippen molar-refractivity contribution in [1.82, 2.24) is 4.57 Å². The van der Waals surface area contributed by atoms with Crippen molar-refractivity contribution in [3.63, 3.8) is 0 Å². The van der Waals surface area contributed by atoms with Crippen molar-refractivity contribution in [2.45, 2.75) is 27.1 Å². The lowest BCUT2D eigenvalue weighted by atomic mass is 10.2. The quantitative estimate of drug-likeness (QED) is 0.723. The second kappa shape index (κ2) is 3.94. The van der Waals surface area contributed by atoms with Crippen LogP contribution in [0.3, 0.4) is 0 Å². The van der Waals surface area contributed by atoms with Crippen LogP contribution in [-0.2, 0) is 11.8 Å². The molecule has 3 nitrogen and oxygen atoms in total. The van der Waals surface area contributed by atoms with Gasteiger partial charge in [-0.25, -0.2) is 0 Å². The molecule has 3 heteroatoms. The van der Waals surface area contributed by atoms with Crippen LogP contribution in [0.1, 0.15) is 30.2 Å². The van der Waals surface area contributed by atoms with E-state index in [0.29, 0.717) is 6.61 Å². The molecule has 0 saturated heterocycles. The standard InChI is InChI=1S/C10H17NO2/c1-5-13-10(12)9-7(2)6-8(3)11(9)4/h6,10,12H,5H2,1-4H3/t10-/m0/s1. The van der Waals surface area contributed by atoms with Gasteiger partial charge in [-0.1, -0.05) is 0 Å². The van der Waals surface area contributed by atoms with E-state index in [-0.39, 0.29) is 0 Å². The number of aryl methyl sites for hydroxylation is 2. The van der Waals surface area contributed by atoms with Crippen molar-refractivity contribution in [2.75, 3.05) is 6.61 Å². The first kappa shape index (κ1) is 10.3. The fourth-order valence-electron chi connectivity index (χ4n) is 1.54. The van der Waals surface area contributed by atoms with E-state index in [1.807, 2.05) is 38.5 Å². The number of hydrogen-bond acceptors (Lipinski definition) is 2. The molecule has 0 saturated carbocycles. The molecule has 0 aliphatic carbocycles. The topological polar surface area (TPSA) is 34.4 Å². The summed E-state index contributed by atoms with van der Waals surface area (Å²) in [7, 11) is 1.93. The number of rotatable bonds is 3. The average Bonchev–Trinajstić information content (AvgIpc) is 2.27. The first-order valence-corrected chi connectivity index (χ1v) is 4.50. The number of ether oxygens (including phenoxy) is 1. The molecule has 1 rings (SSSR count). The Balaban J connectivity index is 2.98. The van der Waals surface area contributed by atoms with Crippen LogP contribution < -0.4 is 0 Å². The molecular formula is C10H17NO2. The highest BCUT2D eigenvalue weighted by Gasteiger charge is 2.15. The molecule has 0 bridgehead atoms. The summed E-state index contributed by atoms with van der Waals surface area (Å²) < 4.78 is 7.09. The number of hydrogen-bond donors (Lipinski definition) is 1. The zero-order chi connectivity index (χ0) is 10.0. The van der Waals surface area contributed by atoms with E-state index in [1.165, 1.54) is 0 Å². The highest BCUT2D eigenvalue weighted by atomic mass is 16.6. The van der Waals surface area contributed by atoms with Crippen molar-refractivity contribution >= 4 is 0 Å². The third-order valence-electron chi connectivity index (χ3n) is 2.28. The number of aromatic nitrogens is 1. The summed E-state index contributed by atoms with van der Waals surface area (Å²) in [6.45, 7) is 6.37. The van der Waals surface area contributed by atoms with Crippen LogP contribution in [0.4, 0.5) is 0 Å². The van der Waals surface area contributed by atoms with Gasteiger partial charge in [-0.2, -0.15) is 0 Å². The first-order chi connectivity index (χ1) is 6.07. The fraction of sp³-hybridized carbons (Fsp3) is 0.600. The van der Waals surface area contributed by atoms with Crippen LogP contribution in [-0.4, -0.2) is 16.3 Å². The van der Waals surface area contributed by atoms with Crippen molar-refractivity contribution in [1.29, 1.82) is 0 Å². The molecule has 1 aromatic heterocycles. The van der Waals surface area contributed by atoms with Gasteiger partial charge in [0, 0.05) is 19.3 Å². The Bertz CT molecular complexity index is 291. The molecule has 0 amide bonds. The van der Waals surface area contributed by atoms with Gasteiger partial charge in [0.05, 0.1) is 5.69 Å². The molecule has 1 heterocycles. The Morgan fingerprint density at radius 1 is 1.54 bits per heavy atom. The van der Waals surface area contributed by atoms with Gasteiger partial charge in [0.1, 0.15) is 0 Å². The highest BCUT2D eigenvalue weighted by molar-refractivity contribution is 5.26. The zero-order valence-electron chi connectivity index (χ0n) is 8.66. The van der Waals surface area contributed by atoms with Crippen LogP contribution in [0.2, 0.25) is 0 Å². The molecule has 0 fully saturated rings. The van der Waals surface area contributed by atoms with E-state index in [1.54, 1.807) is 0 Å². The molecule has 0 radical (unpaired) electrons. The van der Waals surface area contributed by atoms with Crippen molar-refractivity contribution in [3.8, 4) is 0 Å². The molecule has 1 N–H and O–H groups in total. The predicted molar refractivity (Wildman–Crippen MR) is 51.5 cm³/mol. The minimum absolute atomic E-state index is 0.519. The van der Waals surface area contributed by atoms with Gasteiger partial charge in [0.2, 0.25) is 0 Å². The van der Waals surface area contributed by atoms with Crippen LogP contribution in [0.25, 0.3) is 0 Å². The molecule has 74 valence electrons. The lowest BCUT2D eigenvalue weighted by Crippen LogP contribution is -2.09. The van der Waals surface area contributed by atoms with E-state index in [4.69, 9.17) is 4.74 Å². The largest absolute Gasteiger partial charge is 0.363 e. The van der Waals surface area contributed by atoms with Gasteiger partial charge in [0.25, 0.3) is 0 Å². The molecule has 0 unspecified atom stereocenters. The maximum Gasteiger partial charge on any atom is 0.196 e. The maximum atomic E-state index is 9.65. The minimum atomic E-state index is -0.802. The van der Waals surface area contributed by atoms with Gasteiger partial charge >= 0.3 is 0 Å². The summed E-state index contributed by atoms with van der Waals surface area (Å²) in [5.41, 5.74) is 3.05. The monoisotopic (exact) mass is 183 g/mol. The van der Waals surface area contributed by atoms with Gasteiger partial charge in [-0.15, -0.1) is 0 Å². The molecule has 1 atom stereocenters. The fourth-order valence-corrected chi connectivity index (χ4v) is 1.54. The minimum Gasteiger partial charge on any atom is -0.363 e. The Kier molecular flexibility index (Phi) is 3.12. The molecule has 0 aliphatic rings. The average molecular weight is 183 g/mol. The van der Waals surface area contributed by atoms with Gasteiger partial charge in [0.15, 0.2) is 6.29 Å². The van der Waals surface area contributed by atoms with Crippen LogP contribution in [0.15, 0.2) is 6.07 Å². The van der Waals surface area contributed by atoms with Crippen LogP contribution >= 0.6 is 0 Å². The highest BCUT2D eigenvalue weighted by Crippen LogP contribution is 2.21. The van der Waals surface area contributed by atoms with Crippen molar-refractivity contribution in [2.24, 2.45) is 7.05 Å². The van der Waals surface area contributed by atoms with Crippen LogP contribution in [0, 0.1) is 13.8 Å². The predicted octanol–water partition coefficient (Wildman–Crippen LogP) is 1.67. The summed E-state index contributed by atoms with van der Waals surface area (Å²) in [5.74, 6) is 0. The van der Waals surface area contributed by atoms with Crippen molar-refractivity contribution in [3.05, 3.63) is 23.0 Å². The summed E-state index contributed by atoms with van der Waals surface area (Å²) in [6.07, 6.45) is -0.802. The Morgan fingerprint density at radius 3 is 2.54 bits per heavy atom. The summed E-state index contributed by atoms with van der Waals surface area (Å²) in [5, 5.41) is 9.65. The number of nitrogens with zero attached hydrogens (tertiary/aromatic N) is 1. The smallest absolute Gasteiger partial charge is 0.196 e. The SMILES string of the molecule is CCO[C@H](O)c1c(C)cc(C)n1C. The van der Waals surface area contributed by atoms with E-state index in [9.17, 15) is 5.11 Å². The lowest BCUT2D eigenvalue weighted by molar-refractivity contribution is -0.103. The summed E-state index contributed by atoms with van der Waals surface area (Å²) in [4.78, 5) is 0. The molecule has 0 aromatic carbocycles. The number of aliphatic hydroxyl groups is 1. The second-order valence-electron chi connectivity index (χ2n) is 3.22. The van der Waals surface area contributed by atoms with E-state index in [0.717, 1.165) is 17.0 Å². The second-order valence-corrected chi connectivity index (χ2v) is 3.22. The molecule has 13 heavy (non-hydrogen) atoms. The third kappa shape index (κ3) is 1.92. The molecule has 0 spiro atoms. The first-order valence-electron chi connectivity index (χ1n) is 4.50. The summed E-state index contributed by atoms with van der Waals surface area (Å²) >= 11 is 0. The van der Waals surface area contributed by atoms with E-state index >= 15 is 0 Å². The Morgan fingerprint density at radius 2 is 2.15 bits per heavy atom. The van der Waals surface area contributed by atoms with Gasteiger partial charge < -0.3 is 14.4 Å². The number of aliphatic hydroxyl groups excluding tert-OH is 1. The van der Waals surface area contributed by atoms with E-state index in [2.05, 4.69) is 0 Å². The van der Waals surface area contributed by atoms with E-state index < -0.39 is 6.29 Å². The van der Waals surface area contributed by atoms with Gasteiger partial charge in [-0.05, 0) is 32.4 Å². The van der Waals surface area contributed by atoms with Crippen LogP contribution in [0.5, 0.6) is 0 Å². The summed E-state index contributed by atoms with van der Waals surface area (Å²) in [6, 6.07) is 2.04. The zero-order valence-corrected chi connectivity index (χ0v) is 8.66. The lowest BCUT2D eigenvalue weighted by Gasteiger charge is -2.13. The molecule has 0 aliphatic heterocycles. The molecule has 1 aromatic rings. The van der Waals surface area contributed by atoms with Crippen molar-refractivity contribution < 1.29 is 9.84 Å².